The second-order valence-corrected chi connectivity index (χ2v) is 2.75. The van der Waals surface area contributed by atoms with Crippen LogP contribution in [0.15, 0.2) is 24.5 Å². The van der Waals surface area contributed by atoms with E-state index in [-0.39, 0.29) is 12.6 Å². The van der Waals surface area contributed by atoms with Gasteiger partial charge in [0, 0.05) is 35.3 Å². The van der Waals surface area contributed by atoms with Crippen molar-refractivity contribution in [2.24, 2.45) is 0 Å². The molecule has 0 saturated carbocycles. The van der Waals surface area contributed by atoms with Crippen molar-refractivity contribution in [1.82, 2.24) is 8.51 Å². The summed E-state index contributed by atoms with van der Waals surface area (Å²) in [6, 6.07) is 3.77. The maximum absolute atomic E-state index is 8.88. The number of hydrogen-bond donors (Lipinski definition) is 2. The number of aliphatic hydroxyl groups excluding tert-OH is 1. The summed E-state index contributed by atoms with van der Waals surface area (Å²) in [6.45, 7) is 0.0919. The number of nitrogens with zero attached hydrogens (tertiary/aromatic N) is 1. The number of halogens is 1. The second kappa shape index (κ2) is 4.63. The Labute approximate surface area is 79.3 Å². The van der Waals surface area contributed by atoms with Gasteiger partial charge in [-0.15, -0.1) is 0 Å². The van der Waals surface area contributed by atoms with E-state index in [0.29, 0.717) is 0 Å². The van der Waals surface area contributed by atoms with Crippen LogP contribution in [0, 0.1) is 0 Å². The molecule has 1 rings (SSSR count). The predicted molar refractivity (Wildman–Crippen MR) is 51.2 cm³/mol. The van der Waals surface area contributed by atoms with Crippen LogP contribution in [0.4, 0.5) is 0 Å². The van der Waals surface area contributed by atoms with Crippen LogP contribution in [-0.4, -0.2) is 16.7 Å². The first-order valence-electron chi connectivity index (χ1n) is 3.25. The Balaban J connectivity index is 2.74. The van der Waals surface area contributed by atoms with Gasteiger partial charge < -0.3 is 5.11 Å². The zero-order chi connectivity index (χ0) is 8.10. The van der Waals surface area contributed by atoms with E-state index in [9.17, 15) is 0 Å². The van der Waals surface area contributed by atoms with Crippen molar-refractivity contribution >= 4 is 22.9 Å². The molecule has 60 valence electrons. The Morgan fingerprint density at radius 2 is 2.55 bits per heavy atom. The summed E-state index contributed by atoms with van der Waals surface area (Å²) in [5.41, 5.74) is 1.00. The maximum Gasteiger partial charge on any atom is 0.0659 e. The number of aromatic nitrogens is 1. The third-order valence-corrected chi connectivity index (χ3v) is 2.15. The molecule has 0 bridgehead atoms. The van der Waals surface area contributed by atoms with Crippen molar-refractivity contribution in [1.29, 1.82) is 0 Å². The second-order valence-electron chi connectivity index (χ2n) is 2.13. The van der Waals surface area contributed by atoms with Crippen molar-refractivity contribution in [3.05, 3.63) is 30.1 Å². The number of nitrogens with one attached hydrogen (secondary N) is 1. The van der Waals surface area contributed by atoms with Gasteiger partial charge in [0.15, 0.2) is 0 Å². The molecule has 0 amide bonds. The summed E-state index contributed by atoms with van der Waals surface area (Å²) in [5.74, 6) is 0. The summed E-state index contributed by atoms with van der Waals surface area (Å²) < 4.78 is 2.95. The van der Waals surface area contributed by atoms with Gasteiger partial charge >= 0.3 is 0 Å². The van der Waals surface area contributed by atoms with Gasteiger partial charge in [-0.25, -0.2) is 0 Å². The highest BCUT2D eigenvalue weighted by atomic mass is 127. The molecule has 2 N–H and O–H groups in total. The molecule has 0 aliphatic carbocycles. The van der Waals surface area contributed by atoms with Crippen LogP contribution in [0.2, 0.25) is 0 Å². The minimum Gasteiger partial charge on any atom is -0.394 e. The smallest absolute Gasteiger partial charge is 0.0659 e. The average Bonchev–Trinajstić information content (AvgIpc) is 2.09. The first kappa shape index (κ1) is 8.89. The number of pyridine rings is 1. The van der Waals surface area contributed by atoms with E-state index in [1.165, 1.54) is 0 Å². The molecule has 1 unspecified atom stereocenters. The predicted octanol–water partition coefficient (Wildman–Crippen LogP) is 1.05. The van der Waals surface area contributed by atoms with E-state index in [1.54, 1.807) is 12.4 Å². The molecule has 1 aromatic heterocycles. The van der Waals surface area contributed by atoms with Crippen molar-refractivity contribution in [2.45, 2.75) is 6.04 Å². The van der Waals surface area contributed by atoms with E-state index >= 15 is 0 Å². The fourth-order valence-corrected chi connectivity index (χ4v) is 1.34. The highest BCUT2D eigenvalue weighted by Crippen LogP contribution is 2.10. The number of rotatable bonds is 3. The van der Waals surface area contributed by atoms with Crippen molar-refractivity contribution in [3.8, 4) is 0 Å². The lowest BCUT2D eigenvalue weighted by Crippen LogP contribution is -2.14. The van der Waals surface area contributed by atoms with Crippen LogP contribution < -0.4 is 3.53 Å². The Morgan fingerprint density at radius 3 is 3.00 bits per heavy atom. The fraction of sp³-hybridized carbons (Fsp3) is 0.286. The van der Waals surface area contributed by atoms with Crippen LogP contribution in [-0.2, 0) is 0 Å². The standard InChI is InChI=1S/C7H9IN2O/c8-10-7(5-11)6-2-1-3-9-4-6/h1-4,7,10-11H,5H2. The lowest BCUT2D eigenvalue weighted by atomic mass is 10.1. The normalized spacial score (nSPS) is 12.9. The molecule has 0 fully saturated rings. The van der Waals surface area contributed by atoms with Crippen LogP contribution in [0.25, 0.3) is 0 Å². The van der Waals surface area contributed by atoms with Gasteiger partial charge in [0.2, 0.25) is 0 Å². The van der Waals surface area contributed by atoms with Crippen LogP contribution in [0.3, 0.4) is 0 Å². The lowest BCUT2D eigenvalue weighted by Gasteiger charge is -2.10. The molecule has 0 aliphatic heterocycles. The van der Waals surface area contributed by atoms with Crippen LogP contribution >= 0.6 is 22.9 Å². The molecule has 0 aliphatic rings. The summed E-state index contributed by atoms with van der Waals surface area (Å²) >= 11 is 2.02. The SMILES string of the molecule is OCC(NI)c1cccnc1. The third-order valence-electron chi connectivity index (χ3n) is 1.40. The molecule has 4 heteroatoms. The summed E-state index contributed by atoms with van der Waals surface area (Å²) in [6.07, 6.45) is 3.46. The first-order chi connectivity index (χ1) is 5.38. The van der Waals surface area contributed by atoms with Crippen LogP contribution in [0.5, 0.6) is 0 Å². The van der Waals surface area contributed by atoms with E-state index < -0.39 is 0 Å². The zero-order valence-electron chi connectivity index (χ0n) is 5.87. The topological polar surface area (TPSA) is 45.1 Å². The Morgan fingerprint density at radius 1 is 1.73 bits per heavy atom. The van der Waals surface area contributed by atoms with Crippen molar-refractivity contribution in [3.63, 3.8) is 0 Å². The fourth-order valence-electron chi connectivity index (χ4n) is 0.785. The molecule has 1 heterocycles. The Bertz CT molecular complexity index is 201. The molecule has 1 atom stereocenters. The van der Waals surface area contributed by atoms with Gasteiger partial charge in [0.25, 0.3) is 0 Å². The molecule has 3 nitrogen and oxygen atoms in total. The molecular weight excluding hydrogens is 255 g/mol. The van der Waals surface area contributed by atoms with E-state index in [1.807, 2.05) is 35.0 Å². The summed E-state index contributed by atoms with van der Waals surface area (Å²) in [5, 5.41) is 8.88. The quantitative estimate of drug-likeness (QED) is 0.633. The summed E-state index contributed by atoms with van der Waals surface area (Å²) in [7, 11) is 0. The molecule has 0 radical (unpaired) electrons. The van der Waals surface area contributed by atoms with Gasteiger partial charge in [-0.1, -0.05) is 6.07 Å². The lowest BCUT2D eigenvalue weighted by molar-refractivity contribution is 0.263. The van der Waals surface area contributed by atoms with Gasteiger partial charge in [0.1, 0.15) is 0 Å². The van der Waals surface area contributed by atoms with E-state index in [0.717, 1.165) is 5.56 Å². The highest BCUT2D eigenvalue weighted by Gasteiger charge is 2.06. The van der Waals surface area contributed by atoms with Gasteiger partial charge in [-0.3, -0.25) is 8.51 Å². The minimum atomic E-state index is -0.00991. The molecule has 1 aromatic rings. The molecule has 0 saturated heterocycles. The number of hydrogen-bond acceptors (Lipinski definition) is 3. The monoisotopic (exact) mass is 264 g/mol. The first-order valence-corrected chi connectivity index (χ1v) is 4.33. The number of aliphatic hydroxyl groups is 1. The molecular formula is C7H9IN2O. The maximum atomic E-state index is 8.88. The Hall–Kier alpha value is -0.200. The Kier molecular flexibility index (Phi) is 3.74. The molecule has 0 aromatic carbocycles. The van der Waals surface area contributed by atoms with Crippen molar-refractivity contribution < 1.29 is 5.11 Å². The van der Waals surface area contributed by atoms with Crippen molar-refractivity contribution in [2.75, 3.05) is 6.61 Å². The summed E-state index contributed by atoms with van der Waals surface area (Å²) in [4.78, 5) is 3.95. The van der Waals surface area contributed by atoms with E-state index in [2.05, 4.69) is 8.51 Å². The molecule has 0 spiro atoms. The van der Waals surface area contributed by atoms with Crippen LogP contribution in [0.1, 0.15) is 11.6 Å². The minimum absolute atomic E-state index is 0.00991. The van der Waals surface area contributed by atoms with Gasteiger partial charge in [0.05, 0.1) is 12.6 Å². The highest BCUT2D eigenvalue weighted by molar-refractivity contribution is 14.1. The average molecular weight is 264 g/mol. The van der Waals surface area contributed by atoms with E-state index in [4.69, 9.17) is 5.11 Å². The molecule has 11 heavy (non-hydrogen) atoms. The van der Waals surface area contributed by atoms with Gasteiger partial charge in [-0.05, 0) is 11.6 Å². The zero-order valence-corrected chi connectivity index (χ0v) is 8.02. The third kappa shape index (κ3) is 2.39. The van der Waals surface area contributed by atoms with Gasteiger partial charge in [-0.2, -0.15) is 0 Å². The largest absolute Gasteiger partial charge is 0.394 e.